The quantitative estimate of drug-likeness (QED) is 0.821. The monoisotopic (exact) mass is 335 g/mol. The van der Waals surface area contributed by atoms with Crippen LogP contribution in [-0.2, 0) is 14.9 Å². The van der Waals surface area contributed by atoms with E-state index in [4.69, 9.17) is 16.3 Å². The lowest BCUT2D eigenvalue weighted by molar-refractivity contribution is -0.130. The Kier molecular flexibility index (Phi) is 5.40. The van der Waals surface area contributed by atoms with Crippen LogP contribution < -0.4 is 5.32 Å². The van der Waals surface area contributed by atoms with Crippen LogP contribution in [0.15, 0.2) is 24.3 Å². The van der Waals surface area contributed by atoms with Crippen molar-refractivity contribution in [3.05, 3.63) is 34.9 Å². The Morgan fingerprint density at radius 1 is 1.35 bits per heavy atom. The van der Waals surface area contributed by atoms with E-state index in [2.05, 4.69) is 12.2 Å². The molecule has 0 radical (unpaired) electrons. The van der Waals surface area contributed by atoms with Crippen molar-refractivity contribution >= 4 is 17.4 Å². The standard InChI is InChI=1S/C19H26ClNO2/c1-2-5-17(21-14-8-9-14)18(22)19(10-12-23-13-11-19)15-6-3-4-7-16(15)20/h3-4,6-7,14,17,21H,2,5,8-13H2,1H3. The Bertz CT molecular complexity index is 550. The average Bonchev–Trinajstić information content (AvgIpc) is 3.39. The Balaban J connectivity index is 1.93. The van der Waals surface area contributed by atoms with E-state index in [0.29, 0.717) is 30.1 Å². The Morgan fingerprint density at radius 2 is 2.04 bits per heavy atom. The van der Waals surface area contributed by atoms with Gasteiger partial charge in [0.25, 0.3) is 0 Å². The molecule has 0 aromatic heterocycles. The summed E-state index contributed by atoms with van der Waals surface area (Å²) in [4.78, 5) is 13.5. The van der Waals surface area contributed by atoms with Crippen molar-refractivity contribution in [2.75, 3.05) is 13.2 Å². The summed E-state index contributed by atoms with van der Waals surface area (Å²) >= 11 is 6.48. The molecule has 0 amide bonds. The topological polar surface area (TPSA) is 38.3 Å². The van der Waals surface area contributed by atoms with Crippen LogP contribution in [0, 0.1) is 0 Å². The highest BCUT2D eigenvalue weighted by Gasteiger charge is 2.46. The lowest BCUT2D eigenvalue weighted by Crippen LogP contribution is -2.51. The highest BCUT2D eigenvalue weighted by atomic mass is 35.5. The van der Waals surface area contributed by atoms with Crippen LogP contribution in [0.2, 0.25) is 5.02 Å². The highest BCUT2D eigenvalue weighted by Crippen LogP contribution is 2.41. The van der Waals surface area contributed by atoms with Gasteiger partial charge in [-0.1, -0.05) is 43.1 Å². The SMILES string of the molecule is CCCC(NC1CC1)C(=O)C1(c2ccccc2Cl)CCOCC1. The van der Waals surface area contributed by atoms with Crippen molar-refractivity contribution in [3.8, 4) is 0 Å². The fourth-order valence-corrected chi connectivity index (χ4v) is 3.98. The lowest BCUT2D eigenvalue weighted by atomic mass is 9.68. The Morgan fingerprint density at radius 3 is 2.65 bits per heavy atom. The molecule has 2 aliphatic rings. The number of carbonyl (C=O) groups is 1. The van der Waals surface area contributed by atoms with Gasteiger partial charge in [0.2, 0.25) is 0 Å². The number of benzene rings is 1. The minimum atomic E-state index is -0.502. The summed E-state index contributed by atoms with van der Waals surface area (Å²) in [5.74, 6) is 0.308. The van der Waals surface area contributed by atoms with Gasteiger partial charge in [-0.3, -0.25) is 4.79 Å². The van der Waals surface area contributed by atoms with Crippen molar-refractivity contribution in [3.63, 3.8) is 0 Å². The fourth-order valence-electron chi connectivity index (χ4n) is 3.66. The summed E-state index contributed by atoms with van der Waals surface area (Å²) in [6.07, 6.45) is 5.73. The predicted octanol–water partition coefficient (Wildman–Crippen LogP) is 3.88. The van der Waals surface area contributed by atoms with Gasteiger partial charge in [0.1, 0.15) is 0 Å². The molecule has 0 spiro atoms. The third-order valence-corrected chi connectivity index (χ3v) is 5.45. The minimum Gasteiger partial charge on any atom is -0.381 e. The van der Waals surface area contributed by atoms with Gasteiger partial charge in [-0.15, -0.1) is 0 Å². The zero-order valence-corrected chi connectivity index (χ0v) is 14.6. The Labute approximate surface area is 143 Å². The zero-order valence-electron chi connectivity index (χ0n) is 13.8. The lowest BCUT2D eigenvalue weighted by Gasteiger charge is -2.39. The van der Waals surface area contributed by atoms with Gasteiger partial charge in [-0.05, 0) is 43.7 Å². The maximum atomic E-state index is 13.5. The molecular weight excluding hydrogens is 310 g/mol. The van der Waals surface area contributed by atoms with Crippen LogP contribution in [0.25, 0.3) is 0 Å². The molecule has 1 saturated carbocycles. The van der Waals surface area contributed by atoms with Gasteiger partial charge in [-0.25, -0.2) is 0 Å². The molecule has 1 aromatic rings. The molecule has 1 aliphatic heterocycles. The summed E-state index contributed by atoms with van der Waals surface area (Å²) in [5, 5.41) is 4.27. The van der Waals surface area contributed by atoms with Crippen molar-refractivity contribution < 1.29 is 9.53 Å². The number of nitrogens with one attached hydrogen (secondary N) is 1. The molecule has 4 heteroatoms. The molecule has 126 valence electrons. The molecule has 1 heterocycles. The second-order valence-electron chi connectivity index (χ2n) is 6.82. The second kappa shape index (κ2) is 7.33. The number of ether oxygens (including phenoxy) is 1. The molecule has 3 nitrogen and oxygen atoms in total. The van der Waals surface area contributed by atoms with Gasteiger partial charge in [0, 0.05) is 24.3 Å². The van der Waals surface area contributed by atoms with Crippen molar-refractivity contribution in [2.24, 2.45) is 0 Å². The average molecular weight is 336 g/mol. The van der Waals surface area contributed by atoms with Crippen molar-refractivity contribution in [1.29, 1.82) is 0 Å². The molecule has 2 fully saturated rings. The highest BCUT2D eigenvalue weighted by molar-refractivity contribution is 6.31. The largest absolute Gasteiger partial charge is 0.381 e. The number of ketones is 1. The first-order chi connectivity index (χ1) is 11.2. The number of carbonyl (C=O) groups excluding carboxylic acids is 1. The van der Waals surface area contributed by atoms with Crippen LogP contribution in [0.4, 0.5) is 0 Å². The molecule has 1 unspecified atom stereocenters. The maximum absolute atomic E-state index is 13.5. The van der Waals surface area contributed by atoms with Gasteiger partial charge >= 0.3 is 0 Å². The third kappa shape index (κ3) is 3.62. The summed E-state index contributed by atoms with van der Waals surface area (Å²) in [5.41, 5.74) is 0.479. The van der Waals surface area contributed by atoms with E-state index in [0.717, 1.165) is 31.2 Å². The van der Waals surface area contributed by atoms with E-state index in [9.17, 15) is 4.79 Å². The van der Waals surface area contributed by atoms with Gasteiger partial charge in [-0.2, -0.15) is 0 Å². The molecule has 1 aromatic carbocycles. The summed E-state index contributed by atoms with van der Waals surface area (Å²) in [6.45, 7) is 3.39. The smallest absolute Gasteiger partial charge is 0.160 e. The van der Waals surface area contributed by atoms with Gasteiger partial charge < -0.3 is 10.1 Å². The number of halogens is 1. The van der Waals surface area contributed by atoms with Crippen molar-refractivity contribution in [1.82, 2.24) is 5.32 Å². The van der Waals surface area contributed by atoms with Gasteiger partial charge in [0.15, 0.2) is 5.78 Å². The van der Waals surface area contributed by atoms with Crippen LogP contribution in [0.5, 0.6) is 0 Å². The molecule has 3 rings (SSSR count). The molecule has 0 bridgehead atoms. The number of hydrogen-bond acceptors (Lipinski definition) is 3. The van der Waals surface area contributed by atoms with E-state index in [1.54, 1.807) is 0 Å². The predicted molar refractivity (Wildman–Crippen MR) is 93.0 cm³/mol. The van der Waals surface area contributed by atoms with Crippen LogP contribution in [0.3, 0.4) is 0 Å². The number of rotatable bonds is 7. The first-order valence-corrected chi connectivity index (χ1v) is 9.18. The first kappa shape index (κ1) is 16.9. The minimum absolute atomic E-state index is 0.0677. The number of Topliss-reactive ketones (excluding diaryl/α,β-unsaturated/α-hetero) is 1. The zero-order chi connectivity index (χ0) is 16.3. The summed E-state index contributed by atoms with van der Waals surface area (Å²) in [6, 6.07) is 8.28. The third-order valence-electron chi connectivity index (χ3n) is 5.12. The molecule has 1 aliphatic carbocycles. The summed E-state index contributed by atoms with van der Waals surface area (Å²) < 4.78 is 5.55. The maximum Gasteiger partial charge on any atom is 0.160 e. The van der Waals surface area contributed by atoms with E-state index < -0.39 is 5.41 Å². The fraction of sp³-hybridized carbons (Fsp3) is 0.632. The second-order valence-corrected chi connectivity index (χ2v) is 7.23. The van der Waals surface area contributed by atoms with Crippen LogP contribution in [0.1, 0.15) is 51.0 Å². The summed E-state index contributed by atoms with van der Waals surface area (Å²) in [7, 11) is 0. The van der Waals surface area contributed by atoms with E-state index >= 15 is 0 Å². The molecular formula is C19H26ClNO2. The van der Waals surface area contributed by atoms with E-state index in [1.165, 1.54) is 12.8 Å². The molecule has 1 saturated heterocycles. The normalized spacial score (nSPS) is 21.8. The number of hydrogen-bond donors (Lipinski definition) is 1. The van der Waals surface area contributed by atoms with Crippen molar-refractivity contribution in [2.45, 2.75) is 62.9 Å². The van der Waals surface area contributed by atoms with Gasteiger partial charge in [0.05, 0.1) is 11.5 Å². The van der Waals surface area contributed by atoms with E-state index in [-0.39, 0.29) is 6.04 Å². The van der Waals surface area contributed by atoms with E-state index in [1.807, 2.05) is 24.3 Å². The molecule has 1 atom stereocenters. The van der Waals surface area contributed by atoms with Crippen LogP contribution in [-0.4, -0.2) is 31.1 Å². The first-order valence-electron chi connectivity index (χ1n) is 8.80. The molecule has 1 N–H and O–H groups in total. The Hall–Kier alpha value is -0.900. The molecule has 23 heavy (non-hydrogen) atoms. The van der Waals surface area contributed by atoms with Crippen LogP contribution >= 0.6 is 11.6 Å².